The van der Waals surface area contributed by atoms with Crippen molar-refractivity contribution in [2.24, 2.45) is 0 Å². The van der Waals surface area contributed by atoms with Gasteiger partial charge >= 0.3 is 6.18 Å². The van der Waals surface area contributed by atoms with E-state index in [1.165, 1.54) is 6.26 Å². The van der Waals surface area contributed by atoms with Crippen molar-refractivity contribution >= 4 is 5.69 Å². The zero-order chi connectivity index (χ0) is 19.8. The number of benzene rings is 1. The molecule has 2 heterocycles. The van der Waals surface area contributed by atoms with Gasteiger partial charge < -0.3 is 8.98 Å². The van der Waals surface area contributed by atoms with Crippen LogP contribution in [0.5, 0.6) is 0 Å². The summed E-state index contributed by atoms with van der Waals surface area (Å²) in [5, 5.41) is 0. The third-order valence-electron chi connectivity index (χ3n) is 3.99. The Kier molecular flexibility index (Phi) is 4.62. The number of pyridine rings is 1. The summed E-state index contributed by atoms with van der Waals surface area (Å²) in [6.07, 6.45) is -3.49. The van der Waals surface area contributed by atoms with Crippen LogP contribution in [0.15, 0.2) is 45.8 Å². The highest BCUT2D eigenvalue weighted by atomic mass is 19.4. The van der Waals surface area contributed by atoms with Crippen molar-refractivity contribution in [1.82, 2.24) is 9.55 Å². The molecule has 0 aliphatic carbocycles. The monoisotopic (exact) mass is 373 g/mol. The molecule has 0 radical (unpaired) electrons. The van der Waals surface area contributed by atoms with E-state index in [2.05, 4.69) is 9.83 Å². The van der Waals surface area contributed by atoms with Crippen molar-refractivity contribution in [3.8, 4) is 11.3 Å². The van der Waals surface area contributed by atoms with E-state index in [4.69, 9.17) is 11.0 Å². The molecular weight excluding hydrogens is 359 g/mol. The lowest BCUT2D eigenvalue weighted by molar-refractivity contribution is -0.136. The first kappa shape index (κ1) is 18.5. The number of halogens is 3. The summed E-state index contributed by atoms with van der Waals surface area (Å²) in [5.74, 6) is 0.368. The van der Waals surface area contributed by atoms with E-state index in [1.54, 1.807) is 38.1 Å². The molecule has 0 spiro atoms. The minimum absolute atomic E-state index is 0.0593. The van der Waals surface area contributed by atoms with Crippen molar-refractivity contribution in [1.29, 1.82) is 0 Å². The summed E-state index contributed by atoms with van der Waals surface area (Å²) >= 11 is 0. The molecular formula is C19H14F3N3O2. The van der Waals surface area contributed by atoms with Crippen molar-refractivity contribution in [2.45, 2.75) is 26.6 Å². The van der Waals surface area contributed by atoms with Crippen LogP contribution in [0, 0.1) is 20.4 Å². The molecule has 5 nitrogen and oxygen atoms in total. The molecule has 0 atom stereocenters. The van der Waals surface area contributed by atoms with Crippen LogP contribution in [0.3, 0.4) is 0 Å². The van der Waals surface area contributed by atoms with Gasteiger partial charge in [0.15, 0.2) is 5.89 Å². The average molecular weight is 373 g/mol. The van der Waals surface area contributed by atoms with Gasteiger partial charge in [-0.2, -0.15) is 13.2 Å². The van der Waals surface area contributed by atoms with E-state index in [9.17, 15) is 18.0 Å². The normalized spacial score (nSPS) is 11.4. The molecule has 2 aromatic heterocycles. The lowest BCUT2D eigenvalue weighted by Crippen LogP contribution is -2.25. The fourth-order valence-electron chi connectivity index (χ4n) is 2.80. The Balaban J connectivity index is 2.32. The summed E-state index contributed by atoms with van der Waals surface area (Å²) in [5.41, 5.74) is -1.52. The largest absolute Gasteiger partial charge is 0.449 e. The standard InChI is InChI=1S/C19H14F3N3O2/c1-11-5-4-6-13(7-11)16-8-15(19(20,21)22)17(23-3)18(26)25(16)9-14-10-27-12(2)24-14/h4-8,10H,9H2,1-2H3. The van der Waals surface area contributed by atoms with Gasteiger partial charge in [-0.05, 0) is 24.6 Å². The first-order valence-corrected chi connectivity index (χ1v) is 7.91. The van der Waals surface area contributed by atoms with E-state index >= 15 is 0 Å². The molecule has 0 aliphatic rings. The molecule has 3 aromatic rings. The number of hydrogen-bond acceptors (Lipinski definition) is 3. The van der Waals surface area contributed by atoms with E-state index in [1.807, 2.05) is 0 Å². The van der Waals surface area contributed by atoms with Crippen LogP contribution in [-0.2, 0) is 12.7 Å². The number of aryl methyl sites for hydroxylation is 2. The highest BCUT2D eigenvalue weighted by Crippen LogP contribution is 2.37. The molecule has 3 rings (SSSR count). The molecule has 0 fully saturated rings. The van der Waals surface area contributed by atoms with Gasteiger partial charge in [0, 0.05) is 12.6 Å². The fourth-order valence-corrected chi connectivity index (χ4v) is 2.80. The number of nitrogens with zero attached hydrogens (tertiary/aromatic N) is 3. The molecule has 0 aliphatic heterocycles. The predicted molar refractivity (Wildman–Crippen MR) is 92.5 cm³/mol. The Morgan fingerprint density at radius 1 is 1.26 bits per heavy atom. The zero-order valence-corrected chi connectivity index (χ0v) is 14.5. The van der Waals surface area contributed by atoms with Crippen molar-refractivity contribution in [3.05, 3.63) is 81.1 Å². The van der Waals surface area contributed by atoms with E-state index in [-0.39, 0.29) is 12.2 Å². The van der Waals surface area contributed by atoms with E-state index in [0.717, 1.165) is 16.2 Å². The Labute approximate surface area is 152 Å². The van der Waals surface area contributed by atoms with Gasteiger partial charge in [0.25, 0.3) is 11.2 Å². The number of aromatic nitrogens is 2. The van der Waals surface area contributed by atoms with Crippen LogP contribution in [-0.4, -0.2) is 9.55 Å². The molecule has 0 unspecified atom stereocenters. The molecule has 8 heteroatoms. The summed E-state index contributed by atoms with van der Waals surface area (Å²) in [6.45, 7) is 10.4. The van der Waals surface area contributed by atoms with Crippen LogP contribution in [0.1, 0.15) is 22.7 Å². The Morgan fingerprint density at radius 3 is 2.56 bits per heavy atom. The molecule has 0 N–H and O–H groups in total. The second-order valence-electron chi connectivity index (χ2n) is 6.02. The number of oxazole rings is 1. The van der Waals surface area contributed by atoms with Crippen molar-refractivity contribution < 1.29 is 17.6 Å². The predicted octanol–water partition coefficient (Wildman–Crippen LogP) is 4.74. The fraction of sp³-hybridized carbons (Fsp3) is 0.211. The van der Waals surface area contributed by atoms with Crippen LogP contribution < -0.4 is 5.56 Å². The van der Waals surface area contributed by atoms with Gasteiger partial charge in [-0.1, -0.05) is 23.8 Å². The molecule has 27 heavy (non-hydrogen) atoms. The van der Waals surface area contributed by atoms with Gasteiger partial charge in [-0.25, -0.2) is 9.83 Å². The molecule has 0 amide bonds. The summed E-state index contributed by atoms with van der Waals surface area (Å²) in [6, 6.07) is 7.62. The summed E-state index contributed by atoms with van der Waals surface area (Å²) in [7, 11) is 0. The molecule has 0 saturated heterocycles. The Hall–Kier alpha value is -3.34. The first-order valence-electron chi connectivity index (χ1n) is 7.91. The first-order chi connectivity index (χ1) is 12.7. The third kappa shape index (κ3) is 3.62. The van der Waals surface area contributed by atoms with Crippen molar-refractivity contribution in [2.75, 3.05) is 0 Å². The van der Waals surface area contributed by atoms with E-state index < -0.39 is 23.0 Å². The lowest BCUT2D eigenvalue weighted by Gasteiger charge is -2.17. The molecule has 0 bridgehead atoms. The molecule has 138 valence electrons. The molecule has 1 aromatic carbocycles. The smallest absolute Gasteiger partial charge is 0.407 e. The number of hydrogen-bond donors (Lipinski definition) is 0. The Morgan fingerprint density at radius 2 is 2.00 bits per heavy atom. The summed E-state index contributed by atoms with van der Waals surface area (Å²) in [4.78, 5) is 19.7. The SMILES string of the molecule is [C-]#[N+]c1c(C(F)(F)F)cc(-c2cccc(C)c2)n(Cc2coc(C)n2)c1=O. The minimum atomic E-state index is -4.82. The topological polar surface area (TPSA) is 52.4 Å². The van der Waals surface area contributed by atoms with Gasteiger partial charge in [0.05, 0.1) is 24.4 Å². The highest BCUT2D eigenvalue weighted by Gasteiger charge is 2.36. The van der Waals surface area contributed by atoms with Crippen molar-refractivity contribution in [3.63, 3.8) is 0 Å². The second-order valence-corrected chi connectivity index (χ2v) is 6.02. The third-order valence-corrected chi connectivity index (χ3v) is 3.99. The van der Waals surface area contributed by atoms with Gasteiger partial charge in [0.2, 0.25) is 0 Å². The Bertz CT molecular complexity index is 1100. The van der Waals surface area contributed by atoms with E-state index in [0.29, 0.717) is 17.1 Å². The lowest BCUT2D eigenvalue weighted by atomic mass is 10.0. The van der Waals surface area contributed by atoms with Crippen LogP contribution >= 0.6 is 0 Å². The number of rotatable bonds is 3. The molecule has 0 saturated carbocycles. The van der Waals surface area contributed by atoms with Gasteiger partial charge in [-0.15, -0.1) is 0 Å². The highest BCUT2D eigenvalue weighted by molar-refractivity contribution is 5.66. The maximum Gasteiger partial charge on any atom is 0.407 e. The van der Waals surface area contributed by atoms with Crippen LogP contribution in [0.4, 0.5) is 18.9 Å². The summed E-state index contributed by atoms with van der Waals surface area (Å²) < 4.78 is 46.5. The van der Waals surface area contributed by atoms with Crippen LogP contribution in [0.2, 0.25) is 0 Å². The maximum atomic E-state index is 13.4. The average Bonchev–Trinajstić information content (AvgIpc) is 3.00. The number of alkyl halides is 3. The van der Waals surface area contributed by atoms with Gasteiger partial charge in [-0.3, -0.25) is 4.79 Å². The van der Waals surface area contributed by atoms with Gasteiger partial charge in [0.1, 0.15) is 6.26 Å². The minimum Gasteiger partial charge on any atom is -0.449 e. The zero-order valence-electron chi connectivity index (χ0n) is 14.5. The second kappa shape index (κ2) is 6.76. The maximum absolute atomic E-state index is 13.4. The quantitative estimate of drug-likeness (QED) is 0.623. The van der Waals surface area contributed by atoms with Crippen LogP contribution in [0.25, 0.3) is 16.1 Å².